The monoisotopic (exact) mass is 249 g/mol. The largest absolute Gasteiger partial charge is 0.388 e. The van der Waals surface area contributed by atoms with Crippen LogP contribution in [0.5, 0.6) is 0 Å². The van der Waals surface area contributed by atoms with Gasteiger partial charge < -0.3 is 10.4 Å². The van der Waals surface area contributed by atoms with Crippen LogP contribution in [0.2, 0.25) is 0 Å². The van der Waals surface area contributed by atoms with Gasteiger partial charge in [-0.3, -0.25) is 0 Å². The molecule has 1 rings (SSSR count). The van der Waals surface area contributed by atoms with Crippen molar-refractivity contribution in [3.8, 4) is 0 Å². The molecule has 0 heterocycles. The molecule has 0 saturated heterocycles. The summed E-state index contributed by atoms with van der Waals surface area (Å²) >= 11 is 0. The third-order valence-electron chi connectivity index (χ3n) is 3.71. The zero-order chi connectivity index (χ0) is 13.4. The number of unbranched alkanes of at least 4 members (excludes halogenated alkanes) is 1. The highest BCUT2D eigenvalue weighted by molar-refractivity contribution is 5.44. The molecule has 0 aromatic heterocycles. The van der Waals surface area contributed by atoms with E-state index in [1.165, 1.54) is 18.4 Å². The quantitative estimate of drug-likeness (QED) is 0.730. The molecular weight excluding hydrogens is 222 g/mol. The standard InChI is InChI=1S/C16H27NO/c1-4-7-8-14-9-11-15(12-10-14)17-13-16(18,5-2)6-3/h9-12,17-18H,4-8,13H2,1-3H3. The maximum absolute atomic E-state index is 10.2. The predicted molar refractivity (Wildman–Crippen MR) is 79.1 cm³/mol. The maximum atomic E-state index is 10.2. The van der Waals surface area contributed by atoms with Crippen LogP contribution in [-0.2, 0) is 6.42 Å². The summed E-state index contributed by atoms with van der Waals surface area (Å²) in [5, 5.41) is 13.5. The van der Waals surface area contributed by atoms with Crippen molar-refractivity contribution in [1.82, 2.24) is 0 Å². The Labute approximate surface area is 111 Å². The van der Waals surface area contributed by atoms with Gasteiger partial charge in [-0.1, -0.05) is 39.3 Å². The zero-order valence-electron chi connectivity index (χ0n) is 12.0. The van der Waals surface area contributed by atoms with Crippen LogP contribution in [0.1, 0.15) is 52.0 Å². The summed E-state index contributed by atoms with van der Waals surface area (Å²) in [4.78, 5) is 0. The van der Waals surface area contributed by atoms with Crippen molar-refractivity contribution < 1.29 is 5.11 Å². The van der Waals surface area contributed by atoms with E-state index in [0.29, 0.717) is 6.54 Å². The first-order valence-corrected chi connectivity index (χ1v) is 7.18. The summed E-state index contributed by atoms with van der Waals surface area (Å²) < 4.78 is 0. The molecule has 1 aromatic carbocycles. The second-order valence-electron chi connectivity index (χ2n) is 5.09. The SMILES string of the molecule is CCCCc1ccc(NCC(O)(CC)CC)cc1. The summed E-state index contributed by atoms with van der Waals surface area (Å²) in [5.41, 5.74) is 1.90. The summed E-state index contributed by atoms with van der Waals surface area (Å²) in [6, 6.07) is 8.57. The topological polar surface area (TPSA) is 32.3 Å². The molecule has 102 valence electrons. The molecule has 18 heavy (non-hydrogen) atoms. The van der Waals surface area contributed by atoms with Crippen molar-refractivity contribution in [2.45, 2.75) is 58.5 Å². The average Bonchev–Trinajstić information content (AvgIpc) is 2.43. The van der Waals surface area contributed by atoms with E-state index in [4.69, 9.17) is 0 Å². The lowest BCUT2D eigenvalue weighted by molar-refractivity contribution is 0.0457. The van der Waals surface area contributed by atoms with E-state index >= 15 is 0 Å². The summed E-state index contributed by atoms with van der Waals surface area (Å²) in [5.74, 6) is 0. The Morgan fingerprint density at radius 1 is 1.06 bits per heavy atom. The van der Waals surface area contributed by atoms with Crippen LogP contribution in [0, 0.1) is 0 Å². The third-order valence-corrected chi connectivity index (χ3v) is 3.71. The van der Waals surface area contributed by atoms with Gasteiger partial charge in [-0.15, -0.1) is 0 Å². The molecule has 0 fully saturated rings. The lowest BCUT2D eigenvalue weighted by Crippen LogP contribution is -2.35. The molecule has 2 heteroatoms. The highest BCUT2D eigenvalue weighted by Gasteiger charge is 2.21. The van der Waals surface area contributed by atoms with Gasteiger partial charge in [0.2, 0.25) is 0 Å². The van der Waals surface area contributed by atoms with Crippen LogP contribution in [0.4, 0.5) is 5.69 Å². The first-order chi connectivity index (χ1) is 8.63. The Morgan fingerprint density at radius 3 is 2.17 bits per heavy atom. The van der Waals surface area contributed by atoms with E-state index in [1.54, 1.807) is 0 Å². The van der Waals surface area contributed by atoms with Crippen molar-refractivity contribution in [3.05, 3.63) is 29.8 Å². The van der Waals surface area contributed by atoms with E-state index in [9.17, 15) is 5.11 Å². The maximum Gasteiger partial charge on any atom is 0.0814 e. The van der Waals surface area contributed by atoms with E-state index in [0.717, 1.165) is 24.9 Å². The predicted octanol–water partition coefficient (Wildman–Crippen LogP) is 3.99. The number of nitrogens with one attached hydrogen (secondary N) is 1. The molecule has 0 amide bonds. The van der Waals surface area contributed by atoms with Crippen LogP contribution in [0.15, 0.2) is 24.3 Å². The van der Waals surface area contributed by atoms with Crippen molar-refractivity contribution in [3.63, 3.8) is 0 Å². The van der Waals surface area contributed by atoms with E-state index in [-0.39, 0.29) is 0 Å². The molecule has 0 unspecified atom stereocenters. The van der Waals surface area contributed by atoms with Gasteiger partial charge in [0.25, 0.3) is 0 Å². The third kappa shape index (κ3) is 4.69. The van der Waals surface area contributed by atoms with Crippen LogP contribution < -0.4 is 5.32 Å². The van der Waals surface area contributed by atoms with Crippen molar-refractivity contribution >= 4 is 5.69 Å². The first-order valence-electron chi connectivity index (χ1n) is 7.18. The zero-order valence-corrected chi connectivity index (χ0v) is 12.0. The molecule has 2 N–H and O–H groups in total. The van der Waals surface area contributed by atoms with Gasteiger partial charge in [0.05, 0.1) is 5.60 Å². The van der Waals surface area contributed by atoms with E-state index in [1.807, 2.05) is 13.8 Å². The molecule has 0 aliphatic carbocycles. The summed E-state index contributed by atoms with van der Waals surface area (Å²) in [7, 11) is 0. The van der Waals surface area contributed by atoms with Crippen LogP contribution in [0.3, 0.4) is 0 Å². The first kappa shape index (κ1) is 15.0. The Balaban J connectivity index is 2.48. The number of aliphatic hydroxyl groups is 1. The number of rotatable bonds is 8. The Hall–Kier alpha value is -1.02. The summed E-state index contributed by atoms with van der Waals surface area (Å²) in [6.45, 7) is 6.89. The molecular formula is C16H27NO. The van der Waals surface area contributed by atoms with Crippen molar-refractivity contribution in [2.24, 2.45) is 0 Å². The van der Waals surface area contributed by atoms with Gasteiger partial charge in [-0.25, -0.2) is 0 Å². The minimum Gasteiger partial charge on any atom is -0.388 e. The second kappa shape index (κ2) is 7.42. The fourth-order valence-corrected chi connectivity index (χ4v) is 1.94. The summed E-state index contributed by atoms with van der Waals surface area (Å²) in [6.07, 6.45) is 5.21. The van der Waals surface area contributed by atoms with E-state index < -0.39 is 5.60 Å². The minimum atomic E-state index is -0.582. The number of aryl methyl sites for hydroxylation is 1. The lowest BCUT2D eigenvalue weighted by atomic mass is 9.97. The minimum absolute atomic E-state index is 0.582. The highest BCUT2D eigenvalue weighted by Crippen LogP contribution is 2.17. The van der Waals surface area contributed by atoms with Gasteiger partial charge in [0.1, 0.15) is 0 Å². The Kier molecular flexibility index (Phi) is 6.20. The fraction of sp³-hybridized carbons (Fsp3) is 0.625. The van der Waals surface area contributed by atoms with Gasteiger partial charge in [0, 0.05) is 12.2 Å². The average molecular weight is 249 g/mol. The number of hydrogen-bond donors (Lipinski definition) is 2. The van der Waals surface area contributed by atoms with Gasteiger partial charge in [-0.2, -0.15) is 0 Å². The molecule has 0 aliphatic rings. The fourth-order valence-electron chi connectivity index (χ4n) is 1.94. The highest BCUT2D eigenvalue weighted by atomic mass is 16.3. The van der Waals surface area contributed by atoms with Crippen LogP contribution >= 0.6 is 0 Å². The number of anilines is 1. The van der Waals surface area contributed by atoms with Crippen LogP contribution in [-0.4, -0.2) is 17.3 Å². The lowest BCUT2D eigenvalue weighted by Gasteiger charge is -2.26. The van der Waals surface area contributed by atoms with Crippen LogP contribution in [0.25, 0.3) is 0 Å². The van der Waals surface area contributed by atoms with Gasteiger partial charge in [-0.05, 0) is 43.4 Å². The van der Waals surface area contributed by atoms with E-state index in [2.05, 4.69) is 36.5 Å². The van der Waals surface area contributed by atoms with Crippen molar-refractivity contribution in [2.75, 3.05) is 11.9 Å². The molecule has 2 nitrogen and oxygen atoms in total. The molecule has 0 radical (unpaired) electrons. The molecule has 0 aliphatic heterocycles. The normalized spacial score (nSPS) is 11.6. The number of benzene rings is 1. The van der Waals surface area contributed by atoms with Crippen molar-refractivity contribution in [1.29, 1.82) is 0 Å². The smallest absolute Gasteiger partial charge is 0.0814 e. The number of hydrogen-bond acceptors (Lipinski definition) is 2. The molecule has 0 atom stereocenters. The second-order valence-corrected chi connectivity index (χ2v) is 5.09. The van der Waals surface area contributed by atoms with Gasteiger partial charge in [0.15, 0.2) is 0 Å². The molecule has 0 spiro atoms. The molecule has 0 bridgehead atoms. The Bertz CT molecular complexity index is 327. The molecule has 1 aromatic rings. The molecule has 0 saturated carbocycles. The Morgan fingerprint density at radius 2 is 1.67 bits per heavy atom. The van der Waals surface area contributed by atoms with Gasteiger partial charge >= 0.3 is 0 Å².